The van der Waals surface area contributed by atoms with Crippen molar-refractivity contribution in [3.8, 4) is 0 Å². The van der Waals surface area contributed by atoms with Crippen LogP contribution in [-0.4, -0.2) is 42.9 Å². The number of carbonyl (C=O) groups is 1. The molecule has 0 atom stereocenters. The lowest BCUT2D eigenvalue weighted by Crippen LogP contribution is -2.55. The Balaban J connectivity index is 0.000000921. The van der Waals surface area contributed by atoms with Gasteiger partial charge in [-0.15, -0.1) is 0 Å². The fourth-order valence-corrected chi connectivity index (χ4v) is 1.06. The minimum Gasteiger partial charge on any atom is -0.444 e. The zero-order chi connectivity index (χ0) is 12.1. The Morgan fingerprint density at radius 3 is 2.07 bits per heavy atom. The summed E-state index contributed by atoms with van der Waals surface area (Å²) < 4.78 is 10.2. The fraction of sp³-hybridized carbons (Fsp3) is 0.909. The van der Waals surface area contributed by atoms with Crippen molar-refractivity contribution in [1.82, 2.24) is 4.90 Å². The van der Waals surface area contributed by atoms with Crippen LogP contribution < -0.4 is 0 Å². The number of ether oxygens (including phenoxy) is 2. The predicted octanol–water partition coefficient (Wildman–Crippen LogP) is 2.28. The normalized spacial score (nSPS) is 16.3. The van der Waals surface area contributed by atoms with Crippen molar-refractivity contribution in [2.24, 2.45) is 0 Å². The van der Waals surface area contributed by atoms with Crippen LogP contribution in [0.2, 0.25) is 0 Å². The third-order valence-electron chi connectivity index (χ3n) is 1.83. The van der Waals surface area contributed by atoms with Crippen LogP contribution in [0.4, 0.5) is 4.79 Å². The quantitative estimate of drug-likeness (QED) is 0.676. The topological polar surface area (TPSA) is 38.8 Å². The summed E-state index contributed by atoms with van der Waals surface area (Å²) >= 11 is 0. The number of methoxy groups -OCH3 is 1. The zero-order valence-electron chi connectivity index (χ0n) is 10.7. The highest BCUT2D eigenvalue weighted by Gasteiger charge is 2.33. The van der Waals surface area contributed by atoms with Gasteiger partial charge in [0.05, 0.1) is 19.2 Å². The smallest absolute Gasteiger partial charge is 0.410 e. The van der Waals surface area contributed by atoms with Gasteiger partial charge in [-0.2, -0.15) is 0 Å². The molecule has 0 aromatic heterocycles. The van der Waals surface area contributed by atoms with Gasteiger partial charge in [0, 0.05) is 7.11 Å². The van der Waals surface area contributed by atoms with Crippen LogP contribution in [0.25, 0.3) is 0 Å². The molecule has 1 heterocycles. The van der Waals surface area contributed by atoms with Crippen LogP contribution in [0, 0.1) is 0 Å². The SMILES string of the molecule is CC.COC1CN(C(=O)OC(C)(C)C)C1. The lowest BCUT2D eigenvalue weighted by molar-refractivity contribution is -0.0465. The molecule has 1 rings (SSSR count). The van der Waals surface area contributed by atoms with Crippen molar-refractivity contribution in [3.63, 3.8) is 0 Å². The first-order valence-corrected chi connectivity index (χ1v) is 5.43. The first kappa shape index (κ1) is 14.2. The lowest BCUT2D eigenvalue weighted by Gasteiger charge is -2.38. The van der Waals surface area contributed by atoms with Crippen molar-refractivity contribution in [2.45, 2.75) is 46.3 Å². The summed E-state index contributed by atoms with van der Waals surface area (Å²) in [4.78, 5) is 13.0. The number of amides is 1. The van der Waals surface area contributed by atoms with Gasteiger partial charge < -0.3 is 14.4 Å². The highest BCUT2D eigenvalue weighted by Crippen LogP contribution is 2.16. The predicted molar refractivity (Wildman–Crippen MR) is 60.0 cm³/mol. The number of rotatable bonds is 1. The molecule has 4 heteroatoms. The Morgan fingerprint density at radius 1 is 1.27 bits per heavy atom. The molecule has 0 unspecified atom stereocenters. The molecular formula is C11H23NO3. The third kappa shape index (κ3) is 5.02. The molecule has 0 aromatic rings. The summed E-state index contributed by atoms with van der Waals surface area (Å²) in [5.41, 5.74) is -0.407. The van der Waals surface area contributed by atoms with Crippen LogP contribution in [0.3, 0.4) is 0 Å². The van der Waals surface area contributed by atoms with Crippen LogP contribution in [0.1, 0.15) is 34.6 Å². The van der Waals surface area contributed by atoms with E-state index >= 15 is 0 Å². The van der Waals surface area contributed by atoms with E-state index in [2.05, 4.69) is 0 Å². The van der Waals surface area contributed by atoms with Gasteiger partial charge in [-0.25, -0.2) is 4.79 Å². The highest BCUT2D eigenvalue weighted by molar-refractivity contribution is 5.69. The van der Waals surface area contributed by atoms with E-state index in [0.717, 1.165) is 0 Å². The maximum absolute atomic E-state index is 11.4. The zero-order valence-corrected chi connectivity index (χ0v) is 10.7. The van der Waals surface area contributed by atoms with Crippen LogP contribution >= 0.6 is 0 Å². The lowest BCUT2D eigenvalue weighted by atomic mass is 10.2. The molecule has 0 aromatic carbocycles. The van der Waals surface area contributed by atoms with Crippen molar-refractivity contribution >= 4 is 6.09 Å². The standard InChI is InChI=1S/C9H17NO3.C2H6/c1-9(2,3)13-8(11)10-5-7(6-10)12-4;1-2/h7H,5-6H2,1-4H3;1-2H3. The summed E-state index contributed by atoms with van der Waals surface area (Å²) in [6.07, 6.45) is -0.0617. The van der Waals surface area contributed by atoms with Crippen molar-refractivity contribution in [1.29, 1.82) is 0 Å². The average molecular weight is 217 g/mol. The molecule has 0 radical (unpaired) electrons. The van der Waals surface area contributed by atoms with E-state index in [1.165, 1.54) is 0 Å². The summed E-state index contributed by atoms with van der Waals surface area (Å²) in [5.74, 6) is 0. The van der Waals surface area contributed by atoms with Crippen molar-refractivity contribution in [3.05, 3.63) is 0 Å². The molecule has 1 saturated heterocycles. The summed E-state index contributed by atoms with van der Waals surface area (Å²) in [6.45, 7) is 10.9. The molecule has 4 nitrogen and oxygen atoms in total. The van der Waals surface area contributed by atoms with E-state index in [-0.39, 0.29) is 12.2 Å². The van der Waals surface area contributed by atoms with E-state index in [1.54, 1.807) is 12.0 Å². The maximum atomic E-state index is 11.4. The molecular weight excluding hydrogens is 194 g/mol. The van der Waals surface area contributed by atoms with Gasteiger partial charge >= 0.3 is 6.09 Å². The molecule has 1 fully saturated rings. The number of likely N-dealkylation sites (tertiary alicyclic amines) is 1. The van der Waals surface area contributed by atoms with Crippen molar-refractivity contribution in [2.75, 3.05) is 20.2 Å². The molecule has 15 heavy (non-hydrogen) atoms. The van der Waals surface area contributed by atoms with Gasteiger partial charge in [0.25, 0.3) is 0 Å². The summed E-state index contributed by atoms with van der Waals surface area (Å²) in [7, 11) is 1.65. The molecule has 90 valence electrons. The molecule has 0 spiro atoms. The van der Waals surface area contributed by atoms with Crippen LogP contribution in [0.5, 0.6) is 0 Å². The van der Waals surface area contributed by atoms with Crippen molar-refractivity contribution < 1.29 is 14.3 Å². The minimum absolute atomic E-state index is 0.188. The van der Waals surface area contributed by atoms with Gasteiger partial charge in [-0.1, -0.05) is 13.8 Å². The molecule has 1 aliphatic heterocycles. The molecule has 0 N–H and O–H groups in total. The molecule has 1 amide bonds. The van der Waals surface area contributed by atoms with E-state index in [9.17, 15) is 4.79 Å². The number of carbonyl (C=O) groups excluding carboxylic acids is 1. The van der Waals surface area contributed by atoms with E-state index in [0.29, 0.717) is 13.1 Å². The first-order chi connectivity index (χ1) is 6.92. The Morgan fingerprint density at radius 2 is 1.73 bits per heavy atom. The number of hydrogen-bond donors (Lipinski definition) is 0. The molecule has 0 bridgehead atoms. The Labute approximate surface area is 92.5 Å². The largest absolute Gasteiger partial charge is 0.444 e. The number of hydrogen-bond acceptors (Lipinski definition) is 3. The molecule has 0 aliphatic carbocycles. The molecule has 0 saturated carbocycles. The van der Waals surface area contributed by atoms with Crippen LogP contribution in [-0.2, 0) is 9.47 Å². The molecule has 1 aliphatic rings. The minimum atomic E-state index is -0.407. The average Bonchev–Trinajstić information content (AvgIpc) is 2.02. The third-order valence-corrected chi connectivity index (χ3v) is 1.83. The first-order valence-electron chi connectivity index (χ1n) is 5.43. The van der Waals surface area contributed by atoms with Gasteiger partial charge in [0.1, 0.15) is 5.60 Å². The highest BCUT2D eigenvalue weighted by atomic mass is 16.6. The van der Waals surface area contributed by atoms with E-state index < -0.39 is 5.60 Å². The maximum Gasteiger partial charge on any atom is 0.410 e. The Bertz CT molecular complexity index is 192. The van der Waals surface area contributed by atoms with Gasteiger partial charge in [-0.05, 0) is 20.8 Å². The van der Waals surface area contributed by atoms with E-state index in [4.69, 9.17) is 9.47 Å². The Hall–Kier alpha value is -0.770. The second kappa shape index (κ2) is 5.95. The Kier molecular flexibility index (Phi) is 5.65. The fourth-order valence-electron chi connectivity index (χ4n) is 1.06. The second-order valence-corrected chi connectivity index (χ2v) is 4.24. The van der Waals surface area contributed by atoms with Gasteiger partial charge in [0.2, 0.25) is 0 Å². The van der Waals surface area contributed by atoms with Gasteiger partial charge in [-0.3, -0.25) is 0 Å². The monoisotopic (exact) mass is 217 g/mol. The van der Waals surface area contributed by atoms with E-state index in [1.807, 2.05) is 34.6 Å². The second-order valence-electron chi connectivity index (χ2n) is 4.24. The van der Waals surface area contributed by atoms with Crippen LogP contribution in [0.15, 0.2) is 0 Å². The summed E-state index contributed by atoms with van der Waals surface area (Å²) in [5, 5.41) is 0. The summed E-state index contributed by atoms with van der Waals surface area (Å²) in [6, 6.07) is 0. The number of nitrogens with zero attached hydrogens (tertiary/aromatic N) is 1. The van der Waals surface area contributed by atoms with Gasteiger partial charge in [0.15, 0.2) is 0 Å².